The highest BCUT2D eigenvalue weighted by molar-refractivity contribution is 7.98. The van der Waals surface area contributed by atoms with Crippen molar-refractivity contribution in [1.82, 2.24) is 15.1 Å². The number of anilines is 1. The van der Waals surface area contributed by atoms with Crippen molar-refractivity contribution in [3.63, 3.8) is 0 Å². The van der Waals surface area contributed by atoms with Crippen LogP contribution in [0.25, 0.3) is 0 Å². The van der Waals surface area contributed by atoms with E-state index in [9.17, 15) is 9.59 Å². The van der Waals surface area contributed by atoms with Gasteiger partial charge in [-0.2, -0.15) is 0 Å². The molecule has 10 heteroatoms. The SMILES string of the molecule is CC[C@@H](OC(=O)c1nc(SC)ncc1Cl)C(=O)Nc1cc(C)on1. The second kappa shape index (κ2) is 8.11. The first kappa shape index (κ1) is 18.2. The molecule has 0 aliphatic carbocycles. The number of carbonyl (C=O) groups is 2. The van der Waals surface area contributed by atoms with Gasteiger partial charge in [0.25, 0.3) is 5.91 Å². The van der Waals surface area contributed by atoms with E-state index >= 15 is 0 Å². The van der Waals surface area contributed by atoms with Crippen molar-refractivity contribution in [3.8, 4) is 0 Å². The molecule has 2 heterocycles. The first-order valence-corrected chi connectivity index (χ1v) is 8.56. The van der Waals surface area contributed by atoms with Crippen LogP contribution >= 0.6 is 23.4 Å². The number of nitrogens with one attached hydrogen (secondary N) is 1. The van der Waals surface area contributed by atoms with Gasteiger partial charge in [-0.15, -0.1) is 0 Å². The Bertz CT molecular complexity index is 752. The van der Waals surface area contributed by atoms with Gasteiger partial charge < -0.3 is 14.6 Å². The number of hydrogen-bond donors (Lipinski definition) is 1. The van der Waals surface area contributed by atoms with Gasteiger partial charge in [0.2, 0.25) is 0 Å². The maximum atomic E-state index is 12.2. The summed E-state index contributed by atoms with van der Waals surface area (Å²) in [5.41, 5.74) is -0.0838. The predicted molar refractivity (Wildman–Crippen MR) is 88.2 cm³/mol. The van der Waals surface area contributed by atoms with E-state index in [4.69, 9.17) is 20.9 Å². The average Bonchev–Trinajstić information content (AvgIpc) is 2.97. The number of hydrogen-bond acceptors (Lipinski definition) is 8. The van der Waals surface area contributed by atoms with E-state index in [1.54, 1.807) is 26.2 Å². The molecule has 0 saturated carbocycles. The Labute approximate surface area is 147 Å². The van der Waals surface area contributed by atoms with Gasteiger partial charge in [-0.25, -0.2) is 14.8 Å². The molecule has 2 aromatic heterocycles. The molecule has 0 aliphatic rings. The number of amides is 1. The normalized spacial score (nSPS) is 11.8. The molecule has 1 N–H and O–H groups in total. The van der Waals surface area contributed by atoms with Crippen LogP contribution < -0.4 is 5.32 Å². The lowest BCUT2D eigenvalue weighted by atomic mass is 10.2. The minimum absolute atomic E-state index is 0.0557. The Balaban J connectivity index is 2.09. The molecule has 0 bridgehead atoms. The van der Waals surface area contributed by atoms with E-state index in [-0.39, 0.29) is 23.0 Å². The lowest BCUT2D eigenvalue weighted by Crippen LogP contribution is -2.32. The van der Waals surface area contributed by atoms with Crippen molar-refractivity contribution in [3.05, 3.63) is 28.7 Å². The van der Waals surface area contributed by atoms with Crippen LogP contribution in [0.3, 0.4) is 0 Å². The molecule has 8 nitrogen and oxygen atoms in total. The minimum atomic E-state index is -1.02. The summed E-state index contributed by atoms with van der Waals surface area (Å²) < 4.78 is 10.1. The molecule has 0 saturated heterocycles. The molecule has 0 aliphatic heterocycles. The monoisotopic (exact) mass is 370 g/mol. The van der Waals surface area contributed by atoms with Crippen LogP contribution in [0.5, 0.6) is 0 Å². The molecule has 0 aromatic carbocycles. The summed E-state index contributed by atoms with van der Waals surface area (Å²) in [7, 11) is 0. The molecular weight excluding hydrogens is 356 g/mol. The standard InChI is InChI=1S/C14H15ClN4O4S/c1-4-9(12(20)17-10-5-7(2)23-19-10)22-13(21)11-8(15)6-16-14(18-11)24-3/h5-6,9H,4H2,1-3H3,(H,17,19,20)/t9-/m1/s1. The number of thioether (sulfide) groups is 1. The highest BCUT2D eigenvalue weighted by atomic mass is 35.5. The van der Waals surface area contributed by atoms with Crippen molar-refractivity contribution < 1.29 is 18.8 Å². The molecule has 1 amide bonds. The quantitative estimate of drug-likeness (QED) is 0.470. The first-order valence-electron chi connectivity index (χ1n) is 6.96. The van der Waals surface area contributed by atoms with Crippen molar-refractivity contribution in [2.75, 3.05) is 11.6 Å². The summed E-state index contributed by atoms with van der Waals surface area (Å²) >= 11 is 7.19. The highest BCUT2D eigenvalue weighted by Crippen LogP contribution is 2.18. The molecule has 0 fully saturated rings. The van der Waals surface area contributed by atoms with E-state index in [0.29, 0.717) is 10.9 Å². The Kier molecular flexibility index (Phi) is 6.16. The first-order chi connectivity index (χ1) is 11.4. The number of nitrogens with zero attached hydrogens (tertiary/aromatic N) is 3. The number of carbonyl (C=O) groups excluding carboxylic acids is 2. The molecular formula is C14H15ClN4O4S. The van der Waals surface area contributed by atoms with Crippen LogP contribution in [-0.2, 0) is 9.53 Å². The number of rotatable bonds is 6. The third kappa shape index (κ3) is 4.45. The summed E-state index contributed by atoms with van der Waals surface area (Å²) in [5.74, 6) is -0.519. The maximum absolute atomic E-state index is 12.2. The van der Waals surface area contributed by atoms with Gasteiger partial charge in [0.05, 0.1) is 11.2 Å². The molecule has 0 radical (unpaired) electrons. The van der Waals surface area contributed by atoms with E-state index in [1.165, 1.54) is 18.0 Å². The van der Waals surface area contributed by atoms with Gasteiger partial charge in [0.1, 0.15) is 5.76 Å². The Hall–Kier alpha value is -2.13. The second-order valence-electron chi connectivity index (χ2n) is 4.67. The predicted octanol–water partition coefficient (Wildman–Crippen LogP) is 2.72. The Morgan fingerprint density at radius 3 is 2.83 bits per heavy atom. The highest BCUT2D eigenvalue weighted by Gasteiger charge is 2.25. The maximum Gasteiger partial charge on any atom is 0.359 e. The molecule has 2 aromatic rings. The molecule has 0 spiro atoms. The molecule has 1 atom stereocenters. The third-order valence-electron chi connectivity index (χ3n) is 2.89. The third-order valence-corrected chi connectivity index (χ3v) is 3.73. The van der Waals surface area contributed by atoms with Crippen LogP contribution in [0, 0.1) is 6.92 Å². The lowest BCUT2D eigenvalue weighted by Gasteiger charge is -2.15. The molecule has 24 heavy (non-hydrogen) atoms. The summed E-state index contributed by atoms with van der Waals surface area (Å²) in [5, 5.41) is 6.60. The smallest absolute Gasteiger partial charge is 0.359 e. The van der Waals surface area contributed by atoms with Crippen molar-refractivity contribution >= 4 is 41.1 Å². The fourth-order valence-corrected chi connectivity index (χ4v) is 2.24. The van der Waals surface area contributed by atoms with Gasteiger partial charge in [-0.05, 0) is 19.6 Å². The van der Waals surface area contributed by atoms with Crippen LogP contribution in [0.2, 0.25) is 5.02 Å². The van der Waals surface area contributed by atoms with Crippen LogP contribution in [0.15, 0.2) is 21.9 Å². The van der Waals surface area contributed by atoms with Crippen LogP contribution in [-0.4, -0.2) is 39.4 Å². The number of ether oxygens (including phenoxy) is 1. The topological polar surface area (TPSA) is 107 Å². The van der Waals surface area contributed by atoms with Gasteiger partial charge in [-0.1, -0.05) is 35.4 Å². The lowest BCUT2D eigenvalue weighted by molar-refractivity contribution is -0.124. The summed E-state index contributed by atoms with van der Waals surface area (Å²) in [4.78, 5) is 32.4. The fraction of sp³-hybridized carbons (Fsp3) is 0.357. The van der Waals surface area contributed by atoms with Crippen LogP contribution in [0.1, 0.15) is 29.6 Å². The largest absolute Gasteiger partial charge is 0.447 e. The zero-order valence-electron chi connectivity index (χ0n) is 13.2. The van der Waals surface area contributed by atoms with E-state index < -0.39 is 18.0 Å². The van der Waals surface area contributed by atoms with E-state index in [0.717, 1.165) is 0 Å². The zero-order valence-corrected chi connectivity index (χ0v) is 14.8. The molecule has 0 unspecified atom stereocenters. The number of aromatic nitrogens is 3. The van der Waals surface area contributed by atoms with E-state index in [1.807, 2.05) is 0 Å². The minimum Gasteiger partial charge on any atom is -0.447 e. The summed E-state index contributed by atoms with van der Waals surface area (Å²) in [6.45, 7) is 3.40. The van der Waals surface area contributed by atoms with Crippen molar-refractivity contribution in [2.24, 2.45) is 0 Å². The van der Waals surface area contributed by atoms with Gasteiger partial charge >= 0.3 is 5.97 Å². The van der Waals surface area contributed by atoms with Crippen molar-refractivity contribution in [1.29, 1.82) is 0 Å². The van der Waals surface area contributed by atoms with E-state index in [2.05, 4.69) is 20.4 Å². The van der Waals surface area contributed by atoms with Gasteiger partial charge in [0.15, 0.2) is 22.8 Å². The molecule has 128 valence electrons. The van der Waals surface area contributed by atoms with Gasteiger partial charge in [0, 0.05) is 6.07 Å². The number of aryl methyl sites for hydroxylation is 1. The number of esters is 1. The summed E-state index contributed by atoms with van der Waals surface area (Å²) in [6, 6.07) is 1.55. The second-order valence-corrected chi connectivity index (χ2v) is 5.85. The van der Waals surface area contributed by atoms with Crippen molar-refractivity contribution in [2.45, 2.75) is 31.5 Å². The zero-order chi connectivity index (χ0) is 17.7. The Morgan fingerprint density at radius 2 is 2.25 bits per heavy atom. The number of halogens is 1. The Morgan fingerprint density at radius 1 is 1.50 bits per heavy atom. The molecule has 2 rings (SSSR count). The van der Waals surface area contributed by atoms with Gasteiger partial charge in [-0.3, -0.25) is 4.79 Å². The van der Waals surface area contributed by atoms with Crippen LogP contribution in [0.4, 0.5) is 5.82 Å². The summed E-state index contributed by atoms with van der Waals surface area (Å²) in [6.07, 6.45) is 2.33. The fourth-order valence-electron chi connectivity index (χ4n) is 1.73. The average molecular weight is 371 g/mol.